The molecular weight excluding hydrogens is 176 g/mol. The molecule has 0 aromatic rings. The average molecular weight is 196 g/mol. The lowest BCUT2D eigenvalue weighted by atomic mass is 9.84. The molecule has 2 rings (SSSR count). The zero-order chi connectivity index (χ0) is 9.80. The van der Waals surface area contributed by atoms with Gasteiger partial charge in [0.05, 0.1) is 0 Å². The molecule has 2 aliphatic rings. The molecule has 0 bridgehead atoms. The molecule has 14 heavy (non-hydrogen) atoms. The van der Waals surface area contributed by atoms with Crippen molar-refractivity contribution in [3.8, 4) is 0 Å². The highest BCUT2D eigenvalue weighted by molar-refractivity contribution is 5.76. The van der Waals surface area contributed by atoms with Crippen LogP contribution in [0.4, 0.5) is 0 Å². The van der Waals surface area contributed by atoms with Crippen molar-refractivity contribution in [1.82, 2.24) is 10.6 Å². The maximum absolute atomic E-state index is 11.4. The van der Waals surface area contributed by atoms with Crippen LogP contribution in [0.5, 0.6) is 0 Å². The predicted octanol–water partition coefficient (Wildman–Crippen LogP) is 1.04. The lowest BCUT2D eigenvalue weighted by Crippen LogP contribution is -2.44. The topological polar surface area (TPSA) is 41.1 Å². The van der Waals surface area contributed by atoms with Crippen LogP contribution in [0, 0.1) is 5.92 Å². The Hall–Kier alpha value is -0.570. The highest BCUT2D eigenvalue weighted by atomic mass is 16.1. The van der Waals surface area contributed by atoms with E-state index in [9.17, 15) is 4.79 Å². The maximum Gasteiger partial charge on any atom is 0.221 e. The summed E-state index contributed by atoms with van der Waals surface area (Å²) in [4.78, 5) is 11.4. The Labute approximate surface area is 85.6 Å². The van der Waals surface area contributed by atoms with Crippen molar-refractivity contribution in [3.63, 3.8) is 0 Å². The molecule has 0 spiro atoms. The Morgan fingerprint density at radius 1 is 1.14 bits per heavy atom. The van der Waals surface area contributed by atoms with Crippen LogP contribution in [0.15, 0.2) is 0 Å². The van der Waals surface area contributed by atoms with E-state index >= 15 is 0 Å². The third kappa shape index (κ3) is 2.47. The molecule has 1 unspecified atom stereocenters. The minimum absolute atomic E-state index is 0.227. The van der Waals surface area contributed by atoms with Gasteiger partial charge in [-0.05, 0) is 18.8 Å². The summed E-state index contributed by atoms with van der Waals surface area (Å²) in [5.41, 5.74) is 0. The molecule has 2 fully saturated rings. The van der Waals surface area contributed by atoms with Crippen LogP contribution in [0.2, 0.25) is 0 Å². The first kappa shape index (κ1) is 9.97. The number of carbonyl (C=O) groups excluding carboxylic acids is 1. The molecule has 1 saturated carbocycles. The third-order valence-corrected chi connectivity index (χ3v) is 3.46. The highest BCUT2D eigenvalue weighted by Gasteiger charge is 2.25. The first-order valence-corrected chi connectivity index (χ1v) is 5.86. The summed E-state index contributed by atoms with van der Waals surface area (Å²) >= 11 is 0. The van der Waals surface area contributed by atoms with Gasteiger partial charge in [0, 0.05) is 25.6 Å². The fourth-order valence-electron chi connectivity index (χ4n) is 2.61. The molecule has 1 heterocycles. The van der Waals surface area contributed by atoms with Crippen molar-refractivity contribution in [2.45, 2.75) is 44.6 Å². The smallest absolute Gasteiger partial charge is 0.221 e. The average Bonchev–Trinajstić information content (AvgIpc) is 2.44. The summed E-state index contributed by atoms with van der Waals surface area (Å²) < 4.78 is 0. The van der Waals surface area contributed by atoms with Crippen LogP contribution in [0.3, 0.4) is 0 Å². The monoisotopic (exact) mass is 196 g/mol. The van der Waals surface area contributed by atoms with Crippen molar-refractivity contribution in [2.75, 3.05) is 13.1 Å². The van der Waals surface area contributed by atoms with Gasteiger partial charge in [-0.15, -0.1) is 0 Å². The van der Waals surface area contributed by atoms with Gasteiger partial charge < -0.3 is 10.6 Å². The van der Waals surface area contributed by atoms with Crippen LogP contribution in [0.1, 0.15) is 38.5 Å². The van der Waals surface area contributed by atoms with E-state index in [1.165, 1.54) is 32.1 Å². The molecule has 1 aliphatic carbocycles. The zero-order valence-electron chi connectivity index (χ0n) is 8.72. The fraction of sp³-hybridized carbons (Fsp3) is 0.909. The summed E-state index contributed by atoms with van der Waals surface area (Å²) in [6.07, 6.45) is 7.31. The minimum Gasteiger partial charge on any atom is -0.352 e. The van der Waals surface area contributed by atoms with Crippen LogP contribution < -0.4 is 10.6 Å². The molecule has 80 valence electrons. The summed E-state index contributed by atoms with van der Waals surface area (Å²) in [6.45, 7) is 1.81. The molecule has 0 aromatic heterocycles. The van der Waals surface area contributed by atoms with Gasteiger partial charge in [-0.25, -0.2) is 0 Å². The standard InChI is InChI=1S/C11H20N2O/c14-11-6-7-12-8-10(13-11)9-4-2-1-3-5-9/h9-10,12H,1-8H2,(H,13,14). The van der Waals surface area contributed by atoms with Crippen LogP contribution >= 0.6 is 0 Å². The van der Waals surface area contributed by atoms with Gasteiger partial charge in [-0.3, -0.25) is 4.79 Å². The number of rotatable bonds is 1. The Morgan fingerprint density at radius 3 is 2.71 bits per heavy atom. The molecule has 0 radical (unpaired) electrons. The second-order valence-corrected chi connectivity index (χ2v) is 4.53. The van der Waals surface area contributed by atoms with Crippen LogP contribution in [-0.4, -0.2) is 25.0 Å². The Bertz CT molecular complexity index is 199. The normalized spacial score (nSPS) is 30.9. The van der Waals surface area contributed by atoms with Gasteiger partial charge in [0.25, 0.3) is 0 Å². The van der Waals surface area contributed by atoms with E-state index in [0.29, 0.717) is 12.5 Å². The maximum atomic E-state index is 11.4. The molecule has 1 amide bonds. The van der Waals surface area contributed by atoms with E-state index in [1.54, 1.807) is 0 Å². The predicted molar refractivity (Wildman–Crippen MR) is 56.0 cm³/mol. The first-order valence-electron chi connectivity index (χ1n) is 5.86. The minimum atomic E-state index is 0.227. The second-order valence-electron chi connectivity index (χ2n) is 4.53. The number of hydrogen-bond donors (Lipinski definition) is 2. The summed E-state index contributed by atoms with van der Waals surface area (Å²) in [6, 6.07) is 0.394. The molecule has 1 atom stereocenters. The lowest BCUT2D eigenvalue weighted by Gasteiger charge is -2.29. The van der Waals surface area contributed by atoms with Crippen molar-refractivity contribution >= 4 is 5.91 Å². The molecule has 3 nitrogen and oxygen atoms in total. The first-order chi connectivity index (χ1) is 6.86. The molecule has 1 aliphatic heterocycles. The molecule has 2 N–H and O–H groups in total. The van der Waals surface area contributed by atoms with Crippen molar-refractivity contribution in [1.29, 1.82) is 0 Å². The van der Waals surface area contributed by atoms with E-state index in [1.807, 2.05) is 0 Å². The summed E-state index contributed by atoms with van der Waals surface area (Å²) in [7, 11) is 0. The summed E-state index contributed by atoms with van der Waals surface area (Å²) in [5.74, 6) is 0.948. The second kappa shape index (κ2) is 4.78. The van der Waals surface area contributed by atoms with Gasteiger partial charge in [-0.2, -0.15) is 0 Å². The zero-order valence-corrected chi connectivity index (χ0v) is 8.72. The van der Waals surface area contributed by atoms with Gasteiger partial charge in [-0.1, -0.05) is 19.3 Å². The molecule has 3 heteroatoms. The quantitative estimate of drug-likeness (QED) is 0.658. The third-order valence-electron chi connectivity index (χ3n) is 3.46. The van der Waals surface area contributed by atoms with E-state index < -0.39 is 0 Å². The molecule has 0 aromatic carbocycles. The Morgan fingerprint density at radius 2 is 1.93 bits per heavy atom. The highest BCUT2D eigenvalue weighted by Crippen LogP contribution is 2.26. The molecular formula is C11H20N2O. The lowest BCUT2D eigenvalue weighted by molar-refractivity contribution is -0.121. The number of carbonyl (C=O) groups is 1. The largest absolute Gasteiger partial charge is 0.352 e. The number of hydrogen-bond acceptors (Lipinski definition) is 2. The Balaban J connectivity index is 1.90. The molecule has 1 saturated heterocycles. The van der Waals surface area contributed by atoms with Crippen molar-refractivity contribution in [3.05, 3.63) is 0 Å². The fourth-order valence-corrected chi connectivity index (χ4v) is 2.61. The van der Waals surface area contributed by atoms with Gasteiger partial charge in [0.1, 0.15) is 0 Å². The Kier molecular flexibility index (Phi) is 3.40. The van der Waals surface area contributed by atoms with E-state index in [0.717, 1.165) is 19.0 Å². The SMILES string of the molecule is O=C1CCNCC(C2CCCCC2)N1. The van der Waals surface area contributed by atoms with Crippen molar-refractivity contribution < 1.29 is 4.79 Å². The van der Waals surface area contributed by atoms with Gasteiger partial charge >= 0.3 is 0 Å². The van der Waals surface area contributed by atoms with Crippen molar-refractivity contribution in [2.24, 2.45) is 5.92 Å². The summed E-state index contributed by atoms with van der Waals surface area (Å²) in [5, 5.41) is 6.49. The van der Waals surface area contributed by atoms with E-state index in [2.05, 4.69) is 10.6 Å². The van der Waals surface area contributed by atoms with Crippen LogP contribution in [0.25, 0.3) is 0 Å². The van der Waals surface area contributed by atoms with E-state index in [4.69, 9.17) is 0 Å². The van der Waals surface area contributed by atoms with Crippen LogP contribution in [-0.2, 0) is 4.79 Å². The number of nitrogens with one attached hydrogen (secondary N) is 2. The van der Waals surface area contributed by atoms with Gasteiger partial charge in [0.15, 0.2) is 0 Å². The number of amides is 1. The van der Waals surface area contributed by atoms with Gasteiger partial charge in [0.2, 0.25) is 5.91 Å². The van der Waals surface area contributed by atoms with E-state index in [-0.39, 0.29) is 5.91 Å².